The maximum atomic E-state index is 11.0. The molecule has 2 aromatic rings. The van der Waals surface area contributed by atoms with E-state index in [1.165, 1.54) is 7.05 Å². The van der Waals surface area contributed by atoms with Crippen LogP contribution in [0.3, 0.4) is 0 Å². The van der Waals surface area contributed by atoms with Gasteiger partial charge in [0.25, 0.3) is 0 Å². The number of H-pyrrole nitrogens is 1. The number of hydrogen-bond acceptors (Lipinski definition) is 4. The van der Waals surface area contributed by atoms with E-state index in [1.807, 2.05) is 24.5 Å². The summed E-state index contributed by atoms with van der Waals surface area (Å²) < 4.78 is 4.90. The highest BCUT2D eigenvalue weighted by Gasteiger charge is 2.07. The topological polar surface area (TPSA) is 67.0 Å². The number of benzene rings is 1. The summed E-state index contributed by atoms with van der Waals surface area (Å²) in [6.07, 6.45) is 1.46. The molecule has 5 nitrogen and oxygen atoms in total. The fraction of sp³-hybridized carbons (Fsp3) is 0.200. The van der Waals surface area contributed by atoms with Crippen LogP contribution in [-0.4, -0.2) is 29.4 Å². The monoisotopic (exact) mass is 237 g/mol. The predicted molar refractivity (Wildman–Crippen MR) is 63.0 cm³/mol. The zero-order chi connectivity index (χ0) is 11.5. The first kappa shape index (κ1) is 10.8. The second-order valence-electron chi connectivity index (χ2n) is 3.06. The lowest BCUT2D eigenvalue weighted by molar-refractivity contribution is 0.199. The van der Waals surface area contributed by atoms with E-state index in [2.05, 4.69) is 15.3 Å². The van der Waals surface area contributed by atoms with Gasteiger partial charge in [0.1, 0.15) is 0 Å². The number of carbonyl (C=O) groups is 1. The summed E-state index contributed by atoms with van der Waals surface area (Å²) in [6, 6.07) is 6.03. The van der Waals surface area contributed by atoms with Crippen molar-refractivity contribution in [2.24, 2.45) is 0 Å². The summed E-state index contributed by atoms with van der Waals surface area (Å²) >= 11 is 1.64. The highest BCUT2D eigenvalue weighted by molar-refractivity contribution is 7.98. The standard InChI is InChI=1S/C10H11N3O2S/c1-11-10(14)15-9-12-7-4-3-6(16-2)5-8(7)13-9/h3-5H,1-2H3,(H,11,14)(H,12,13). The van der Waals surface area contributed by atoms with E-state index < -0.39 is 6.09 Å². The van der Waals surface area contributed by atoms with Crippen molar-refractivity contribution in [3.05, 3.63) is 18.2 Å². The normalized spacial score (nSPS) is 10.4. The van der Waals surface area contributed by atoms with E-state index >= 15 is 0 Å². The highest BCUT2D eigenvalue weighted by atomic mass is 32.2. The number of hydrogen-bond donors (Lipinski definition) is 2. The van der Waals surface area contributed by atoms with E-state index in [4.69, 9.17) is 4.74 Å². The van der Waals surface area contributed by atoms with Crippen molar-refractivity contribution in [2.75, 3.05) is 13.3 Å². The molecule has 0 fully saturated rings. The quantitative estimate of drug-likeness (QED) is 0.784. The second kappa shape index (κ2) is 4.44. The van der Waals surface area contributed by atoms with Crippen molar-refractivity contribution < 1.29 is 9.53 Å². The Balaban J connectivity index is 2.32. The average molecular weight is 237 g/mol. The lowest BCUT2D eigenvalue weighted by Gasteiger charge is -1.96. The Morgan fingerprint density at radius 3 is 3.06 bits per heavy atom. The van der Waals surface area contributed by atoms with Gasteiger partial charge in [0, 0.05) is 11.9 Å². The van der Waals surface area contributed by atoms with E-state index in [0.717, 1.165) is 15.9 Å². The van der Waals surface area contributed by atoms with Gasteiger partial charge in [-0.25, -0.2) is 4.79 Å². The molecule has 2 rings (SSSR count). The Bertz CT molecular complexity index is 524. The van der Waals surface area contributed by atoms with Crippen LogP contribution in [-0.2, 0) is 0 Å². The van der Waals surface area contributed by atoms with Gasteiger partial charge in [-0.05, 0) is 24.5 Å². The Morgan fingerprint density at radius 2 is 2.38 bits per heavy atom. The van der Waals surface area contributed by atoms with Gasteiger partial charge >= 0.3 is 12.1 Å². The Kier molecular flexibility index (Phi) is 3.00. The molecule has 1 amide bonds. The second-order valence-corrected chi connectivity index (χ2v) is 3.94. The van der Waals surface area contributed by atoms with Crippen LogP contribution in [0.25, 0.3) is 11.0 Å². The summed E-state index contributed by atoms with van der Waals surface area (Å²) in [5, 5.41) is 2.36. The number of nitrogens with one attached hydrogen (secondary N) is 2. The fourth-order valence-electron chi connectivity index (χ4n) is 1.28. The highest BCUT2D eigenvalue weighted by Crippen LogP contribution is 2.22. The first-order valence-corrected chi connectivity index (χ1v) is 5.88. The molecule has 1 aromatic heterocycles. The minimum atomic E-state index is -0.538. The van der Waals surface area contributed by atoms with Crippen LogP contribution in [0.15, 0.2) is 23.1 Å². The predicted octanol–water partition coefficient (Wildman–Crippen LogP) is 2.00. The molecular weight excluding hydrogens is 226 g/mol. The molecule has 0 spiro atoms. The maximum Gasteiger partial charge on any atom is 0.414 e. The molecule has 6 heteroatoms. The van der Waals surface area contributed by atoms with Gasteiger partial charge in [0.2, 0.25) is 0 Å². The molecule has 1 heterocycles. The van der Waals surface area contributed by atoms with Crippen molar-refractivity contribution in [3.8, 4) is 6.01 Å². The molecule has 0 aliphatic heterocycles. The lowest BCUT2D eigenvalue weighted by Crippen LogP contribution is -2.22. The molecule has 16 heavy (non-hydrogen) atoms. The summed E-state index contributed by atoms with van der Waals surface area (Å²) in [5.41, 5.74) is 1.63. The molecule has 0 aliphatic rings. The van der Waals surface area contributed by atoms with Gasteiger partial charge in [0.15, 0.2) is 0 Å². The van der Waals surface area contributed by atoms with Crippen LogP contribution in [0, 0.1) is 0 Å². The molecule has 1 aromatic carbocycles. The van der Waals surface area contributed by atoms with Gasteiger partial charge in [-0.2, -0.15) is 4.98 Å². The molecule has 0 saturated heterocycles. The average Bonchev–Trinajstić information content (AvgIpc) is 2.69. The third-order valence-electron chi connectivity index (χ3n) is 2.06. The number of ether oxygens (including phenoxy) is 1. The zero-order valence-electron chi connectivity index (χ0n) is 8.90. The van der Waals surface area contributed by atoms with Crippen molar-refractivity contribution in [2.45, 2.75) is 4.90 Å². The Hall–Kier alpha value is -1.69. The summed E-state index contributed by atoms with van der Waals surface area (Å²) in [7, 11) is 1.50. The third-order valence-corrected chi connectivity index (χ3v) is 2.79. The van der Waals surface area contributed by atoms with Crippen LogP contribution >= 0.6 is 11.8 Å². The molecule has 0 atom stereocenters. The SMILES string of the molecule is CNC(=O)Oc1nc2cc(SC)ccc2[nH]1. The fourth-order valence-corrected chi connectivity index (χ4v) is 1.71. The first-order chi connectivity index (χ1) is 7.72. The molecular formula is C10H11N3O2S. The van der Waals surface area contributed by atoms with Gasteiger partial charge in [-0.3, -0.25) is 0 Å². The first-order valence-electron chi connectivity index (χ1n) is 4.66. The number of carbonyl (C=O) groups excluding carboxylic acids is 1. The van der Waals surface area contributed by atoms with E-state index in [9.17, 15) is 4.79 Å². The number of imidazole rings is 1. The summed E-state index contributed by atoms with van der Waals surface area (Å²) in [6.45, 7) is 0. The molecule has 0 radical (unpaired) electrons. The van der Waals surface area contributed by atoms with Crippen LogP contribution in [0.1, 0.15) is 0 Å². The molecule has 0 unspecified atom stereocenters. The van der Waals surface area contributed by atoms with Gasteiger partial charge in [-0.15, -0.1) is 11.8 Å². The number of nitrogens with zero attached hydrogens (tertiary/aromatic N) is 1. The number of aromatic amines is 1. The molecule has 0 saturated carbocycles. The Labute approximate surface area is 96.6 Å². The van der Waals surface area contributed by atoms with Crippen molar-refractivity contribution in [3.63, 3.8) is 0 Å². The maximum absolute atomic E-state index is 11.0. The molecule has 2 N–H and O–H groups in total. The van der Waals surface area contributed by atoms with Gasteiger partial charge < -0.3 is 15.0 Å². The minimum Gasteiger partial charge on any atom is -0.375 e. The molecule has 84 valence electrons. The van der Waals surface area contributed by atoms with E-state index in [0.29, 0.717) is 0 Å². The summed E-state index contributed by atoms with van der Waals surface area (Å²) in [4.78, 5) is 19.2. The number of fused-ring (bicyclic) bond motifs is 1. The molecule has 0 aliphatic carbocycles. The van der Waals surface area contributed by atoms with Gasteiger partial charge in [0.05, 0.1) is 11.0 Å². The van der Waals surface area contributed by atoms with Gasteiger partial charge in [-0.1, -0.05) is 0 Å². The number of amides is 1. The zero-order valence-corrected chi connectivity index (χ0v) is 9.72. The number of rotatable bonds is 2. The van der Waals surface area contributed by atoms with Crippen LogP contribution in [0.2, 0.25) is 0 Å². The van der Waals surface area contributed by atoms with Crippen LogP contribution in [0.4, 0.5) is 4.79 Å². The molecule has 0 bridgehead atoms. The van der Waals surface area contributed by atoms with Crippen LogP contribution < -0.4 is 10.1 Å². The summed E-state index contributed by atoms with van der Waals surface area (Å²) in [5.74, 6) is 0. The van der Waals surface area contributed by atoms with Crippen LogP contribution in [0.5, 0.6) is 6.01 Å². The smallest absolute Gasteiger partial charge is 0.375 e. The van der Waals surface area contributed by atoms with Crippen molar-refractivity contribution >= 4 is 28.9 Å². The number of aromatic nitrogens is 2. The van der Waals surface area contributed by atoms with Crippen molar-refractivity contribution in [1.29, 1.82) is 0 Å². The van der Waals surface area contributed by atoms with Crippen molar-refractivity contribution in [1.82, 2.24) is 15.3 Å². The largest absolute Gasteiger partial charge is 0.414 e. The Morgan fingerprint density at radius 1 is 1.56 bits per heavy atom. The number of thioether (sulfide) groups is 1. The van der Waals surface area contributed by atoms with E-state index in [-0.39, 0.29) is 6.01 Å². The third kappa shape index (κ3) is 2.11. The lowest BCUT2D eigenvalue weighted by atomic mass is 10.3. The minimum absolute atomic E-state index is 0.201. The van der Waals surface area contributed by atoms with E-state index in [1.54, 1.807) is 11.8 Å².